The van der Waals surface area contributed by atoms with Crippen LogP contribution >= 0.6 is 23.1 Å². The summed E-state index contributed by atoms with van der Waals surface area (Å²) in [5, 5.41) is 1.05. The van der Waals surface area contributed by atoms with Crippen molar-refractivity contribution in [2.75, 3.05) is 17.3 Å². The van der Waals surface area contributed by atoms with Gasteiger partial charge in [0.15, 0.2) is 0 Å². The fraction of sp³-hybridized carbons (Fsp3) is 0.800. The molecule has 0 unspecified atom stereocenters. The fourth-order valence-corrected chi connectivity index (χ4v) is 2.76. The van der Waals surface area contributed by atoms with Crippen LogP contribution in [0.15, 0.2) is 0 Å². The lowest BCUT2D eigenvalue weighted by atomic mass is 9.92. The van der Waals surface area contributed by atoms with Gasteiger partial charge in [-0.1, -0.05) is 6.92 Å². The molecule has 15 heavy (non-hydrogen) atoms. The lowest BCUT2D eigenvalue weighted by Crippen LogP contribution is -2.41. The van der Waals surface area contributed by atoms with Gasteiger partial charge in [0, 0.05) is 36.4 Å². The summed E-state index contributed by atoms with van der Waals surface area (Å²) in [6, 6.07) is 0.654. The van der Waals surface area contributed by atoms with Crippen molar-refractivity contribution in [2.45, 2.75) is 38.6 Å². The molecule has 84 valence electrons. The Labute approximate surface area is 99.6 Å². The molecule has 1 aromatic rings. The Morgan fingerprint density at radius 1 is 1.53 bits per heavy atom. The second-order valence-corrected chi connectivity index (χ2v) is 4.92. The highest BCUT2D eigenvalue weighted by atomic mass is 35.5. The molecule has 1 aliphatic carbocycles. The van der Waals surface area contributed by atoms with Gasteiger partial charge in [0.1, 0.15) is 5.82 Å². The van der Waals surface area contributed by atoms with E-state index in [2.05, 4.69) is 21.2 Å². The number of aryl methyl sites for hydroxylation is 1. The molecule has 0 aromatic carbocycles. The van der Waals surface area contributed by atoms with Crippen LogP contribution in [-0.4, -0.2) is 27.8 Å². The third-order valence-electron chi connectivity index (χ3n) is 2.86. The fourth-order valence-electron chi connectivity index (χ4n) is 1.73. The number of nitrogens with zero attached hydrogens (tertiary/aromatic N) is 3. The lowest BCUT2D eigenvalue weighted by molar-refractivity contribution is 0.390. The molecule has 0 aliphatic heterocycles. The molecule has 1 heterocycles. The first kappa shape index (κ1) is 11.1. The van der Waals surface area contributed by atoms with E-state index in [0.29, 0.717) is 11.9 Å². The van der Waals surface area contributed by atoms with Gasteiger partial charge in [-0.15, -0.1) is 11.6 Å². The van der Waals surface area contributed by atoms with E-state index in [4.69, 9.17) is 11.6 Å². The van der Waals surface area contributed by atoms with Crippen molar-refractivity contribution in [1.29, 1.82) is 0 Å². The Kier molecular flexibility index (Phi) is 3.81. The molecule has 0 saturated heterocycles. The molecule has 1 saturated carbocycles. The standard InChI is InChI=1S/C10H16ClN3S/c1-2-9-12-10(15-13-9)14(7-6-11)8-4-3-5-8/h8H,2-7H2,1H3. The van der Waals surface area contributed by atoms with Gasteiger partial charge in [0.05, 0.1) is 0 Å². The molecule has 1 fully saturated rings. The van der Waals surface area contributed by atoms with Gasteiger partial charge in [-0.05, 0) is 19.3 Å². The Hall–Kier alpha value is -0.350. The molecular weight excluding hydrogens is 230 g/mol. The first-order valence-corrected chi connectivity index (χ1v) is 6.81. The van der Waals surface area contributed by atoms with Crippen LogP contribution in [0.5, 0.6) is 0 Å². The van der Waals surface area contributed by atoms with E-state index in [1.54, 1.807) is 0 Å². The van der Waals surface area contributed by atoms with Gasteiger partial charge in [-0.3, -0.25) is 0 Å². The molecule has 0 spiro atoms. The molecule has 5 heteroatoms. The third kappa shape index (κ3) is 2.42. The first-order chi connectivity index (χ1) is 7.35. The van der Waals surface area contributed by atoms with Crippen molar-refractivity contribution >= 4 is 28.3 Å². The van der Waals surface area contributed by atoms with Crippen LogP contribution in [0, 0.1) is 0 Å². The maximum atomic E-state index is 5.83. The quantitative estimate of drug-likeness (QED) is 0.747. The van der Waals surface area contributed by atoms with Gasteiger partial charge >= 0.3 is 0 Å². The Bertz CT molecular complexity index is 311. The summed E-state index contributed by atoms with van der Waals surface area (Å²) in [6.45, 7) is 2.98. The van der Waals surface area contributed by atoms with Crippen LogP contribution < -0.4 is 4.90 Å². The number of aromatic nitrogens is 2. The number of rotatable bonds is 5. The van der Waals surface area contributed by atoms with Crippen LogP contribution in [0.4, 0.5) is 5.13 Å². The number of halogens is 1. The van der Waals surface area contributed by atoms with E-state index < -0.39 is 0 Å². The van der Waals surface area contributed by atoms with E-state index in [1.165, 1.54) is 30.8 Å². The predicted octanol–water partition coefficient (Wildman–Crippen LogP) is 2.70. The number of hydrogen-bond donors (Lipinski definition) is 0. The molecule has 0 radical (unpaired) electrons. The highest BCUT2D eigenvalue weighted by Gasteiger charge is 2.26. The number of alkyl halides is 1. The summed E-state index contributed by atoms with van der Waals surface area (Å²) < 4.78 is 4.32. The zero-order valence-corrected chi connectivity index (χ0v) is 10.5. The Morgan fingerprint density at radius 3 is 2.80 bits per heavy atom. The minimum absolute atomic E-state index is 0.654. The van der Waals surface area contributed by atoms with Crippen molar-refractivity contribution in [3.63, 3.8) is 0 Å². The summed E-state index contributed by atoms with van der Waals surface area (Å²) in [7, 11) is 0. The molecule has 3 nitrogen and oxygen atoms in total. The van der Waals surface area contributed by atoms with E-state index in [-0.39, 0.29) is 0 Å². The molecule has 0 amide bonds. The van der Waals surface area contributed by atoms with Crippen LogP contribution in [0.3, 0.4) is 0 Å². The van der Waals surface area contributed by atoms with Crippen LogP contribution in [0.1, 0.15) is 32.0 Å². The zero-order valence-electron chi connectivity index (χ0n) is 8.95. The predicted molar refractivity (Wildman–Crippen MR) is 65.0 cm³/mol. The maximum Gasteiger partial charge on any atom is 0.205 e. The smallest absolute Gasteiger partial charge is 0.205 e. The van der Waals surface area contributed by atoms with Crippen LogP contribution in [0.2, 0.25) is 0 Å². The summed E-state index contributed by atoms with van der Waals surface area (Å²) in [5.74, 6) is 1.62. The van der Waals surface area contributed by atoms with Crippen LogP contribution in [0.25, 0.3) is 0 Å². The van der Waals surface area contributed by atoms with E-state index in [0.717, 1.165) is 23.9 Å². The molecule has 0 N–H and O–H groups in total. The second-order valence-electron chi connectivity index (χ2n) is 3.81. The molecule has 0 bridgehead atoms. The summed E-state index contributed by atoms with van der Waals surface area (Å²) in [6.07, 6.45) is 4.80. The average molecular weight is 246 g/mol. The van der Waals surface area contributed by atoms with Crippen molar-refractivity contribution in [1.82, 2.24) is 9.36 Å². The van der Waals surface area contributed by atoms with Gasteiger partial charge in [0.25, 0.3) is 0 Å². The number of anilines is 1. The molecule has 1 aliphatic rings. The third-order valence-corrected chi connectivity index (χ3v) is 3.82. The molecule has 0 atom stereocenters. The highest BCUT2D eigenvalue weighted by molar-refractivity contribution is 7.09. The Morgan fingerprint density at radius 2 is 2.33 bits per heavy atom. The maximum absolute atomic E-state index is 5.83. The largest absolute Gasteiger partial charge is 0.343 e. The minimum Gasteiger partial charge on any atom is -0.343 e. The average Bonchev–Trinajstić information content (AvgIpc) is 2.62. The molecular formula is C10H16ClN3S. The van der Waals surface area contributed by atoms with Crippen molar-refractivity contribution in [2.24, 2.45) is 0 Å². The topological polar surface area (TPSA) is 29.0 Å². The van der Waals surface area contributed by atoms with E-state index >= 15 is 0 Å². The minimum atomic E-state index is 0.654. The van der Waals surface area contributed by atoms with Crippen LogP contribution in [-0.2, 0) is 6.42 Å². The molecule has 2 rings (SSSR count). The summed E-state index contributed by atoms with van der Waals surface area (Å²) in [4.78, 5) is 6.85. The van der Waals surface area contributed by atoms with Crippen molar-refractivity contribution in [3.05, 3.63) is 5.82 Å². The zero-order chi connectivity index (χ0) is 10.7. The lowest BCUT2D eigenvalue weighted by Gasteiger charge is -2.36. The van der Waals surface area contributed by atoms with Crippen molar-refractivity contribution in [3.8, 4) is 0 Å². The normalized spacial score (nSPS) is 16.4. The second kappa shape index (κ2) is 5.12. The summed E-state index contributed by atoms with van der Waals surface area (Å²) >= 11 is 7.33. The van der Waals surface area contributed by atoms with E-state index in [9.17, 15) is 0 Å². The monoisotopic (exact) mass is 245 g/mol. The highest BCUT2D eigenvalue weighted by Crippen LogP contribution is 2.30. The Balaban J connectivity index is 2.08. The summed E-state index contributed by atoms with van der Waals surface area (Å²) in [5.41, 5.74) is 0. The van der Waals surface area contributed by atoms with Gasteiger partial charge in [-0.2, -0.15) is 4.37 Å². The van der Waals surface area contributed by atoms with Crippen molar-refractivity contribution < 1.29 is 0 Å². The van der Waals surface area contributed by atoms with E-state index in [1.807, 2.05) is 0 Å². The number of hydrogen-bond acceptors (Lipinski definition) is 4. The van der Waals surface area contributed by atoms with Gasteiger partial charge in [-0.25, -0.2) is 4.98 Å². The molecule has 1 aromatic heterocycles. The van der Waals surface area contributed by atoms with Gasteiger partial charge < -0.3 is 4.90 Å². The SMILES string of the molecule is CCc1nsc(N(CCCl)C2CCC2)n1. The van der Waals surface area contributed by atoms with Gasteiger partial charge in [0.2, 0.25) is 5.13 Å². The first-order valence-electron chi connectivity index (χ1n) is 5.50.